The van der Waals surface area contributed by atoms with Crippen molar-refractivity contribution in [2.45, 2.75) is 25.7 Å². The van der Waals surface area contributed by atoms with Gasteiger partial charge in [0.2, 0.25) is 23.5 Å². The highest BCUT2D eigenvalue weighted by molar-refractivity contribution is 6.19. The molecule has 9 rings (SSSR count). The van der Waals surface area contributed by atoms with Crippen LogP contribution < -0.4 is 36.8 Å². The number of anilines is 6. The van der Waals surface area contributed by atoms with Gasteiger partial charge in [0.1, 0.15) is 23.0 Å². The summed E-state index contributed by atoms with van der Waals surface area (Å²) in [6, 6.07) is 19.0. The van der Waals surface area contributed by atoms with E-state index in [1.807, 2.05) is 24.3 Å². The summed E-state index contributed by atoms with van der Waals surface area (Å²) in [4.78, 5) is 104. The Morgan fingerprint density at radius 3 is 2.10 bits per heavy atom. The smallest absolute Gasteiger partial charge is 0.292 e. The second-order valence-corrected chi connectivity index (χ2v) is 18.0. The summed E-state index contributed by atoms with van der Waals surface area (Å²) in [6.07, 6.45) is 6.53. The van der Waals surface area contributed by atoms with Crippen molar-refractivity contribution in [3.8, 4) is 5.75 Å². The average molecular weight is 1010 g/mol. The summed E-state index contributed by atoms with van der Waals surface area (Å²) in [5, 5.41) is 29.3. The fourth-order valence-corrected chi connectivity index (χ4v) is 9.12. The van der Waals surface area contributed by atoms with E-state index in [1.165, 1.54) is 39.1 Å². The van der Waals surface area contributed by atoms with Crippen molar-refractivity contribution in [1.82, 2.24) is 38.5 Å². The molecule has 8 aromatic rings. The van der Waals surface area contributed by atoms with Crippen LogP contribution in [0.3, 0.4) is 0 Å². The number of aryl methyl sites for hydroxylation is 4. The normalized spacial score (nSPS) is 13.0. The van der Waals surface area contributed by atoms with Gasteiger partial charge in [0.15, 0.2) is 11.6 Å². The van der Waals surface area contributed by atoms with Crippen LogP contribution in [0, 0.1) is 0 Å². The molecule has 73 heavy (non-hydrogen) atoms. The second kappa shape index (κ2) is 19.9. The summed E-state index contributed by atoms with van der Waals surface area (Å²) in [6.45, 7) is 1.84. The minimum Gasteiger partial charge on any atom is -0.507 e. The molecule has 0 aliphatic carbocycles. The van der Waals surface area contributed by atoms with Gasteiger partial charge in [-0.3, -0.25) is 33.6 Å². The number of hydrogen-bond acceptors (Lipinski definition) is 10. The highest BCUT2D eigenvalue weighted by atomic mass is 35.5. The summed E-state index contributed by atoms with van der Waals surface area (Å²) in [5.41, 5.74) is 3.84. The van der Waals surface area contributed by atoms with E-state index in [2.05, 4.69) is 46.9 Å². The Labute approximate surface area is 420 Å². The van der Waals surface area contributed by atoms with Crippen LogP contribution in [-0.4, -0.2) is 98.6 Å². The molecule has 1 unspecified atom stereocenters. The third-order valence-electron chi connectivity index (χ3n) is 12.3. The Kier molecular flexibility index (Phi) is 13.3. The third kappa shape index (κ3) is 10.1. The average Bonchev–Trinajstić information content (AvgIpc) is 4.22. The summed E-state index contributed by atoms with van der Waals surface area (Å²) in [5.74, 6) is -2.08. The van der Waals surface area contributed by atoms with Crippen LogP contribution in [0.1, 0.15) is 83.8 Å². The van der Waals surface area contributed by atoms with Gasteiger partial charge in [-0.1, -0.05) is 24.3 Å². The van der Waals surface area contributed by atoms with E-state index in [0.717, 1.165) is 10.9 Å². The second-order valence-electron chi connectivity index (χ2n) is 17.6. The number of hydrogen-bond donors (Lipinski definition) is 8. The molecule has 22 nitrogen and oxygen atoms in total. The van der Waals surface area contributed by atoms with Crippen LogP contribution in [-0.2, 0) is 37.8 Å². The summed E-state index contributed by atoms with van der Waals surface area (Å²) >= 11 is 6.39. The first-order valence-corrected chi connectivity index (χ1v) is 23.4. The molecule has 1 atom stereocenters. The molecule has 0 bridgehead atoms. The molecule has 3 aromatic carbocycles. The predicted molar refractivity (Wildman–Crippen MR) is 275 cm³/mol. The lowest BCUT2D eigenvalue weighted by molar-refractivity contribution is -0.116. The molecule has 374 valence electrons. The summed E-state index contributed by atoms with van der Waals surface area (Å²) < 4.78 is 6.05. The minimum atomic E-state index is -0.612. The number of aromatic amines is 1. The van der Waals surface area contributed by atoms with Crippen LogP contribution in [0.2, 0.25) is 0 Å². The van der Waals surface area contributed by atoms with Crippen molar-refractivity contribution in [2.24, 2.45) is 28.2 Å². The maximum atomic E-state index is 14.0. The standard InChI is InChI=1S/C50H49ClN14O8/c1-26(66)53-39-24-63(4)45(57-39)49(72)59-40-25-64(5)44(58-40)48(71)55-30-17-37(61(2)22-30)47(70)52-14-8-11-42(68)54-31-18-41(62(3)23-31)60-46(69)27-12-13-34-28(15-27)16-35(56-34)50(73)65-21-29(20-51)43-33-10-7-6-9-32(33)38(67)19-36(43)65/h6-7,9-10,12-13,15-19,22-25,29,56,67H,8,11,14,20-21H2,1-5H3,(H,52,70)(H,53,66)(H,54,68)(H,55,71)(H,59,72)(H,60,69). The van der Waals surface area contributed by atoms with Crippen molar-refractivity contribution in [3.63, 3.8) is 0 Å². The van der Waals surface area contributed by atoms with Crippen LogP contribution in [0.15, 0.2) is 91.5 Å². The van der Waals surface area contributed by atoms with Gasteiger partial charge < -0.3 is 65.2 Å². The number of fused-ring (bicyclic) bond motifs is 4. The van der Waals surface area contributed by atoms with Crippen LogP contribution in [0.5, 0.6) is 5.75 Å². The lowest BCUT2D eigenvalue weighted by atomic mass is 9.95. The monoisotopic (exact) mass is 1010 g/mol. The van der Waals surface area contributed by atoms with Crippen LogP contribution >= 0.6 is 11.6 Å². The van der Waals surface area contributed by atoms with E-state index in [9.17, 15) is 38.7 Å². The number of halogens is 1. The van der Waals surface area contributed by atoms with Gasteiger partial charge >= 0.3 is 0 Å². The van der Waals surface area contributed by atoms with Gasteiger partial charge in [0.05, 0.1) is 17.1 Å². The van der Waals surface area contributed by atoms with Gasteiger partial charge in [0.25, 0.3) is 29.5 Å². The number of phenols is 1. The Bertz CT molecular complexity index is 3560. The van der Waals surface area contributed by atoms with Gasteiger partial charge in [-0.25, -0.2) is 9.97 Å². The first kappa shape index (κ1) is 48.8. The quantitative estimate of drug-likeness (QED) is 0.0437. The molecule has 23 heteroatoms. The number of benzene rings is 3. The van der Waals surface area contributed by atoms with Gasteiger partial charge in [-0.2, -0.15) is 0 Å². The highest BCUT2D eigenvalue weighted by Gasteiger charge is 2.35. The maximum Gasteiger partial charge on any atom is 0.292 e. The third-order valence-corrected chi connectivity index (χ3v) is 12.7. The number of nitrogens with zero attached hydrogens (tertiary/aromatic N) is 7. The number of aromatic nitrogens is 7. The van der Waals surface area contributed by atoms with E-state index in [0.29, 0.717) is 69.3 Å². The van der Waals surface area contributed by atoms with E-state index in [1.54, 1.807) is 86.4 Å². The zero-order chi connectivity index (χ0) is 51.8. The predicted octanol–water partition coefficient (Wildman–Crippen LogP) is 6.02. The number of alkyl halides is 1. The number of amides is 7. The fraction of sp³-hybridized carbons (Fsp3) is 0.220. The molecule has 0 saturated heterocycles. The fourth-order valence-electron chi connectivity index (χ4n) is 8.86. The van der Waals surface area contributed by atoms with Gasteiger partial charge in [0, 0.05) is 125 Å². The molecule has 5 aromatic heterocycles. The number of H-pyrrole nitrogens is 1. The van der Waals surface area contributed by atoms with E-state index in [-0.39, 0.29) is 71.3 Å². The van der Waals surface area contributed by atoms with Crippen molar-refractivity contribution >= 4 is 109 Å². The molecule has 7 amide bonds. The Balaban J connectivity index is 0.740. The van der Waals surface area contributed by atoms with E-state index in [4.69, 9.17) is 11.6 Å². The molecule has 0 fully saturated rings. The molecule has 1 aliphatic rings. The Morgan fingerprint density at radius 2 is 1.38 bits per heavy atom. The van der Waals surface area contributed by atoms with Crippen molar-refractivity contribution in [1.29, 1.82) is 0 Å². The minimum absolute atomic E-state index is 0.00706. The van der Waals surface area contributed by atoms with Gasteiger partial charge in [-0.05, 0) is 47.7 Å². The molecular weight excluding hydrogens is 960 g/mol. The number of carbonyl (C=O) groups excluding carboxylic acids is 7. The Morgan fingerprint density at radius 1 is 0.712 bits per heavy atom. The van der Waals surface area contributed by atoms with Crippen LogP contribution in [0.25, 0.3) is 21.7 Å². The number of aromatic hydroxyl groups is 1. The van der Waals surface area contributed by atoms with E-state index >= 15 is 0 Å². The first-order valence-electron chi connectivity index (χ1n) is 22.9. The topological polar surface area (TPSA) is 276 Å². The number of rotatable bonds is 15. The molecule has 8 N–H and O–H groups in total. The SMILES string of the molecule is CC(=O)Nc1cn(C)c(C(=O)Nc2cn(C)c(C(=O)Nc3cc(C(=O)NCCCC(=O)Nc4cc(NC(=O)c5ccc6[nH]c(C(=O)N7CC(CCl)c8c7cc(O)c7ccccc87)cc6c5)n(C)c4)n(C)c3)n2)n1. The zero-order valence-electron chi connectivity index (χ0n) is 40.1. The molecule has 0 radical (unpaired) electrons. The number of nitrogens with one attached hydrogen (secondary N) is 7. The number of phenolic OH excluding ortho intramolecular Hbond substituents is 1. The van der Waals surface area contributed by atoms with Gasteiger partial charge in [-0.15, -0.1) is 11.6 Å². The van der Waals surface area contributed by atoms with Crippen molar-refractivity contribution in [3.05, 3.63) is 126 Å². The lowest BCUT2D eigenvalue weighted by Gasteiger charge is -2.17. The molecule has 0 saturated carbocycles. The zero-order valence-corrected chi connectivity index (χ0v) is 40.8. The molecule has 6 heterocycles. The molecule has 0 spiro atoms. The lowest BCUT2D eigenvalue weighted by Crippen LogP contribution is -2.30. The number of imidazole rings is 2. The summed E-state index contributed by atoms with van der Waals surface area (Å²) in [7, 11) is 6.52. The largest absolute Gasteiger partial charge is 0.507 e. The Hall–Kier alpha value is -9.18. The van der Waals surface area contributed by atoms with Crippen molar-refractivity contribution < 1.29 is 38.7 Å². The molecule has 1 aliphatic heterocycles. The first-order chi connectivity index (χ1) is 34.9. The highest BCUT2D eigenvalue weighted by Crippen LogP contribution is 2.45. The van der Waals surface area contributed by atoms with Crippen LogP contribution in [0.4, 0.5) is 34.5 Å². The van der Waals surface area contributed by atoms with Crippen molar-refractivity contribution in [2.75, 3.05) is 50.5 Å². The number of carbonyl (C=O) groups is 7. The maximum absolute atomic E-state index is 14.0. The molecular formula is C50H49ClN14O8. The van der Waals surface area contributed by atoms with E-state index < -0.39 is 23.6 Å².